The van der Waals surface area contributed by atoms with E-state index >= 15 is 0 Å². The maximum absolute atomic E-state index is 12.9. The molecule has 0 aromatic heterocycles. The molecule has 0 spiro atoms. The van der Waals surface area contributed by atoms with Crippen molar-refractivity contribution in [1.82, 2.24) is 15.5 Å². The average molecular weight is 356 g/mol. The number of rotatable bonds is 8. The Bertz CT molecular complexity index is 697. The number of benzene rings is 2. The molecule has 2 aromatic carbocycles. The highest BCUT2D eigenvalue weighted by atomic mass is 19.1. The zero-order valence-electron chi connectivity index (χ0n) is 15.9. The van der Waals surface area contributed by atoms with Crippen LogP contribution in [0.25, 0.3) is 0 Å². The average Bonchev–Trinajstić information content (AvgIpc) is 2.66. The predicted octanol–water partition coefficient (Wildman–Crippen LogP) is 3.19. The van der Waals surface area contributed by atoms with Crippen LogP contribution in [0.15, 0.2) is 53.5 Å². The lowest BCUT2D eigenvalue weighted by Crippen LogP contribution is -2.37. The second-order valence-electron chi connectivity index (χ2n) is 6.38. The fourth-order valence-corrected chi connectivity index (χ4v) is 2.64. The standard InChI is InChI=1S/C21H29FN4/c1-4-26(3)16-19-7-5-6-18(14-19)15-25-21(23-2)24-13-12-17-8-10-20(22)11-9-17/h5-11,14H,4,12-13,15-16H2,1-3H3,(H2,23,24,25). The van der Waals surface area contributed by atoms with Crippen LogP contribution in [0.2, 0.25) is 0 Å². The van der Waals surface area contributed by atoms with Crippen LogP contribution in [0.4, 0.5) is 4.39 Å². The fourth-order valence-electron chi connectivity index (χ4n) is 2.64. The third kappa shape index (κ3) is 6.84. The SMILES string of the molecule is CCN(C)Cc1cccc(CNC(=NC)NCCc2ccc(F)cc2)c1. The quantitative estimate of drug-likeness (QED) is 0.564. The largest absolute Gasteiger partial charge is 0.356 e. The van der Waals surface area contributed by atoms with E-state index in [2.05, 4.69) is 58.8 Å². The molecule has 0 radical (unpaired) electrons. The summed E-state index contributed by atoms with van der Waals surface area (Å²) in [7, 11) is 3.89. The minimum absolute atomic E-state index is 0.202. The van der Waals surface area contributed by atoms with Gasteiger partial charge < -0.3 is 15.5 Å². The van der Waals surface area contributed by atoms with E-state index in [0.717, 1.165) is 44.1 Å². The van der Waals surface area contributed by atoms with Crippen LogP contribution < -0.4 is 10.6 Å². The highest BCUT2D eigenvalue weighted by Gasteiger charge is 2.02. The zero-order valence-corrected chi connectivity index (χ0v) is 15.9. The molecule has 2 aromatic rings. The van der Waals surface area contributed by atoms with Crippen molar-refractivity contribution in [2.45, 2.75) is 26.4 Å². The van der Waals surface area contributed by atoms with E-state index in [1.165, 1.54) is 23.3 Å². The molecule has 0 aliphatic carbocycles. The van der Waals surface area contributed by atoms with Gasteiger partial charge in [0, 0.05) is 26.7 Å². The smallest absolute Gasteiger partial charge is 0.191 e. The number of guanidine groups is 1. The molecule has 0 saturated carbocycles. The Balaban J connectivity index is 1.79. The molecule has 4 nitrogen and oxygen atoms in total. The summed E-state index contributed by atoms with van der Waals surface area (Å²) in [4.78, 5) is 6.54. The van der Waals surface area contributed by atoms with Crippen molar-refractivity contribution in [3.05, 3.63) is 71.0 Å². The third-order valence-electron chi connectivity index (χ3n) is 4.29. The van der Waals surface area contributed by atoms with Gasteiger partial charge in [0.05, 0.1) is 0 Å². The molecule has 0 unspecified atom stereocenters. The maximum Gasteiger partial charge on any atom is 0.191 e. The lowest BCUT2D eigenvalue weighted by molar-refractivity contribution is 0.345. The molecule has 140 valence electrons. The number of aliphatic imine (C=N–C) groups is 1. The second kappa shape index (κ2) is 10.6. The van der Waals surface area contributed by atoms with Crippen molar-refractivity contribution >= 4 is 5.96 Å². The van der Waals surface area contributed by atoms with E-state index in [1.807, 2.05) is 12.1 Å². The first-order chi connectivity index (χ1) is 12.6. The number of hydrogen-bond acceptors (Lipinski definition) is 2. The number of hydrogen-bond donors (Lipinski definition) is 2. The Kier molecular flexibility index (Phi) is 8.09. The monoisotopic (exact) mass is 356 g/mol. The summed E-state index contributed by atoms with van der Waals surface area (Å²) in [6.07, 6.45) is 0.819. The van der Waals surface area contributed by atoms with Crippen LogP contribution in [0.5, 0.6) is 0 Å². The third-order valence-corrected chi connectivity index (χ3v) is 4.29. The second-order valence-corrected chi connectivity index (χ2v) is 6.38. The minimum atomic E-state index is -0.202. The van der Waals surface area contributed by atoms with E-state index in [4.69, 9.17) is 0 Å². The first-order valence-electron chi connectivity index (χ1n) is 9.06. The molecule has 2 N–H and O–H groups in total. The summed E-state index contributed by atoms with van der Waals surface area (Å²) in [5, 5.41) is 6.64. The van der Waals surface area contributed by atoms with Gasteiger partial charge in [-0.15, -0.1) is 0 Å². The summed E-state index contributed by atoms with van der Waals surface area (Å²) in [6.45, 7) is 5.61. The molecule has 26 heavy (non-hydrogen) atoms. The van der Waals surface area contributed by atoms with Gasteiger partial charge in [0.15, 0.2) is 5.96 Å². The Morgan fingerprint density at radius 3 is 2.46 bits per heavy atom. The van der Waals surface area contributed by atoms with E-state index < -0.39 is 0 Å². The van der Waals surface area contributed by atoms with Crippen molar-refractivity contribution in [2.24, 2.45) is 4.99 Å². The van der Waals surface area contributed by atoms with Crippen molar-refractivity contribution in [3.8, 4) is 0 Å². The Hall–Kier alpha value is -2.40. The molecule has 0 bridgehead atoms. The number of nitrogens with zero attached hydrogens (tertiary/aromatic N) is 2. The van der Waals surface area contributed by atoms with Crippen molar-refractivity contribution < 1.29 is 4.39 Å². The van der Waals surface area contributed by atoms with Crippen LogP contribution >= 0.6 is 0 Å². The molecular formula is C21H29FN4. The normalized spacial score (nSPS) is 11.7. The molecule has 0 saturated heterocycles. The van der Waals surface area contributed by atoms with Crippen molar-refractivity contribution in [3.63, 3.8) is 0 Å². The van der Waals surface area contributed by atoms with Gasteiger partial charge in [-0.1, -0.05) is 43.3 Å². The molecule has 0 heterocycles. The minimum Gasteiger partial charge on any atom is -0.356 e. The number of halogens is 1. The van der Waals surface area contributed by atoms with E-state index in [-0.39, 0.29) is 5.82 Å². The Labute approximate surface area is 156 Å². The van der Waals surface area contributed by atoms with Crippen LogP contribution in [-0.2, 0) is 19.5 Å². The molecule has 0 fully saturated rings. The molecule has 0 amide bonds. The summed E-state index contributed by atoms with van der Waals surface area (Å²) in [5.41, 5.74) is 3.64. The summed E-state index contributed by atoms with van der Waals surface area (Å²) in [6, 6.07) is 15.2. The van der Waals surface area contributed by atoms with Gasteiger partial charge in [-0.25, -0.2) is 4.39 Å². The fraction of sp³-hybridized carbons (Fsp3) is 0.381. The molecular weight excluding hydrogens is 327 g/mol. The molecule has 0 atom stereocenters. The topological polar surface area (TPSA) is 39.7 Å². The zero-order chi connectivity index (χ0) is 18.8. The van der Waals surface area contributed by atoms with Gasteiger partial charge in [0.25, 0.3) is 0 Å². The lowest BCUT2D eigenvalue weighted by atomic mass is 10.1. The van der Waals surface area contributed by atoms with Crippen molar-refractivity contribution in [1.29, 1.82) is 0 Å². The van der Waals surface area contributed by atoms with E-state index in [1.54, 1.807) is 7.05 Å². The van der Waals surface area contributed by atoms with Crippen LogP contribution in [-0.4, -0.2) is 38.0 Å². The van der Waals surface area contributed by atoms with Gasteiger partial charge in [0.1, 0.15) is 5.82 Å². The van der Waals surface area contributed by atoms with Gasteiger partial charge in [-0.05, 0) is 48.8 Å². The first kappa shape index (κ1) is 19.9. The van der Waals surface area contributed by atoms with Crippen LogP contribution in [0.3, 0.4) is 0 Å². The molecule has 0 aliphatic rings. The van der Waals surface area contributed by atoms with Gasteiger partial charge in [-0.3, -0.25) is 4.99 Å². The van der Waals surface area contributed by atoms with Crippen LogP contribution in [0, 0.1) is 5.82 Å². The highest BCUT2D eigenvalue weighted by Crippen LogP contribution is 2.07. The van der Waals surface area contributed by atoms with Crippen LogP contribution in [0.1, 0.15) is 23.6 Å². The van der Waals surface area contributed by atoms with Gasteiger partial charge in [-0.2, -0.15) is 0 Å². The van der Waals surface area contributed by atoms with Gasteiger partial charge >= 0.3 is 0 Å². The summed E-state index contributed by atoms with van der Waals surface area (Å²) >= 11 is 0. The maximum atomic E-state index is 12.9. The lowest BCUT2D eigenvalue weighted by Gasteiger charge is -2.15. The van der Waals surface area contributed by atoms with Gasteiger partial charge in [0.2, 0.25) is 0 Å². The molecule has 0 aliphatic heterocycles. The van der Waals surface area contributed by atoms with Crippen molar-refractivity contribution in [2.75, 3.05) is 27.2 Å². The van der Waals surface area contributed by atoms with E-state index in [9.17, 15) is 4.39 Å². The first-order valence-corrected chi connectivity index (χ1v) is 9.06. The predicted molar refractivity (Wildman–Crippen MR) is 107 cm³/mol. The summed E-state index contributed by atoms with van der Waals surface area (Å²) < 4.78 is 12.9. The number of nitrogens with one attached hydrogen (secondary N) is 2. The highest BCUT2D eigenvalue weighted by molar-refractivity contribution is 5.79. The molecule has 2 rings (SSSR count). The Morgan fingerprint density at radius 2 is 1.77 bits per heavy atom. The van der Waals surface area contributed by atoms with E-state index in [0.29, 0.717) is 0 Å². The Morgan fingerprint density at radius 1 is 1.04 bits per heavy atom. The summed E-state index contributed by atoms with van der Waals surface area (Å²) in [5.74, 6) is 0.565. The molecule has 5 heteroatoms.